The molecule has 3 aliphatic rings. The second kappa shape index (κ2) is 13.9. The van der Waals surface area contributed by atoms with Gasteiger partial charge in [-0.1, -0.05) is 24.3 Å². The zero-order valence-corrected chi connectivity index (χ0v) is 24.0. The van der Waals surface area contributed by atoms with Crippen LogP contribution in [-0.2, 0) is 23.8 Å². The first-order chi connectivity index (χ1) is 21.2. The van der Waals surface area contributed by atoms with Gasteiger partial charge in [0.2, 0.25) is 12.2 Å². The molecule has 0 aromatic heterocycles. The van der Waals surface area contributed by atoms with Crippen LogP contribution in [0.15, 0.2) is 65.6 Å². The fourth-order valence-corrected chi connectivity index (χ4v) is 5.23. The van der Waals surface area contributed by atoms with Gasteiger partial charge in [0.1, 0.15) is 61.5 Å². The summed E-state index contributed by atoms with van der Waals surface area (Å²) in [4.78, 5) is 17.8. The molecule has 44 heavy (non-hydrogen) atoms. The molecular weight excluding hydrogens is 583 g/mol. The van der Waals surface area contributed by atoms with Gasteiger partial charge in [0.05, 0.1) is 19.6 Å². The zero-order valence-electron chi connectivity index (χ0n) is 24.0. The Morgan fingerprint density at radius 2 is 1.77 bits per heavy atom. The Morgan fingerprint density at radius 1 is 1.05 bits per heavy atom. The Bertz CT molecular complexity index is 1370. The van der Waals surface area contributed by atoms with Crippen LogP contribution in [0.5, 0.6) is 11.5 Å². The first kappa shape index (κ1) is 31.7. The summed E-state index contributed by atoms with van der Waals surface area (Å²) in [6, 6.07) is 11.8. The number of halogens is 1. The van der Waals surface area contributed by atoms with Gasteiger partial charge in [-0.05, 0) is 42.8 Å². The van der Waals surface area contributed by atoms with Crippen molar-refractivity contribution in [2.45, 2.75) is 62.3 Å². The average Bonchev–Trinajstić information content (AvgIpc) is 3.65. The van der Waals surface area contributed by atoms with E-state index in [1.807, 2.05) is 18.2 Å². The maximum Gasteiger partial charge on any atom is 0.247 e. The lowest BCUT2D eigenvalue weighted by atomic mass is 9.83. The molecule has 1 saturated carbocycles. The predicted molar refractivity (Wildman–Crippen MR) is 150 cm³/mol. The van der Waals surface area contributed by atoms with Crippen LogP contribution in [0, 0.1) is 5.82 Å². The van der Waals surface area contributed by atoms with Crippen LogP contribution in [0.2, 0.25) is 0 Å². The molecule has 0 bridgehead atoms. The molecule has 0 spiro atoms. The van der Waals surface area contributed by atoms with E-state index in [1.165, 1.54) is 32.2 Å². The average molecular weight is 619 g/mol. The number of aliphatic hydroxyl groups is 4. The van der Waals surface area contributed by atoms with Crippen LogP contribution in [0.25, 0.3) is 6.08 Å². The summed E-state index contributed by atoms with van der Waals surface area (Å²) in [6.07, 6.45) is -6.66. The predicted octanol–water partition coefficient (Wildman–Crippen LogP) is 0.479. The minimum atomic E-state index is -1.50. The number of nitrogens with one attached hydrogen (secondary N) is 2. The van der Waals surface area contributed by atoms with E-state index >= 15 is 4.39 Å². The number of carbonyl (C=O) groups is 1. The van der Waals surface area contributed by atoms with Gasteiger partial charge in [-0.2, -0.15) is 0 Å². The minimum Gasteiger partial charge on any atom is -0.487 e. The molecule has 13 nitrogen and oxygen atoms in total. The molecule has 0 radical (unpaired) electrons. The van der Waals surface area contributed by atoms with E-state index in [2.05, 4.69) is 10.8 Å². The molecule has 2 aliphatic heterocycles. The summed E-state index contributed by atoms with van der Waals surface area (Å²) in [5.74, 6) is -0.793. The van der Waals surface area contributed by atoms with E-state index in [-0.39, 0.29) is 36.9 Å². The van der Waals surface area contributed by atoms with Crippen molar-refractivity contribution >= 4 is 12.0 Å². The second-order valence-electron chi connectivity index (χ2n) is 10.5. The zero-order chi connectivity index (χ0) is 31.4. The van der Waals surface area contributed by atoms with Crippen LogP contribution in [0.4, 0.5) is 4.39 Å². The van der Waals surface area contributed by atoms with Crippen LogP contribution < -0.4 is 20.3 Å². The second-order valence-corrected chi connectivity index (χ2v) is 10.5. The highest BCUT2D eigenvalue weighted by Gasteiger charge is 2.53. The van der Waals surface area contributed by atoms with E-state index in [1.54, 1.807) is 12.1 Å². The van der Waals surface area contributed by atoms with Crippen molar-refractivity contribution < 1.29 is 58.1 Å². The minimum absolute atomic E-state index is 0.00182. The highest BCUT2D eigenvalue weighted by molar-refractivity contribution is 5.97. The number of ether oxygens (including phenoxy) is 5. The lowest BCUT2D eigenvalue weighted by Gasteiger charge is -2.41. The van der Waals surface area contributed by atoms with Crippen molar-refractivity contribution in [2.75, 3.05) is 20.5 Å². The number of fused-ring (bicyclic) bond motifs is 1. The molecule has 1 amide bonds. The number of hydrogen-bond acceptors (Lipinski definition) is 12. The summed E-state index contributed by atoms with van der Waals surface area (Å²) >= 11 is 0. The topological polar surface area (TPSA) is 177 Å². The van der Waals surface area contributed by atoms with Gasteiger partial charge in [-0.3, -0.25) is 15.1 Å². The van der Waals surface area contributed by atoms with Crippen molar-refractivity contribution in [3.8, 4) is 11.5 Å². The first-order valence-corrected chi connectivity index (χ1v) is 13.9. The number of benzene rings is 2. The molecule has 6 N–H and O–H groups in total. The summed E-state index contributed by atoms with van der Waals surface area (Å²) in [7, 11) is 1.40. The lowest BCUT2D eigenvalue weighted by molar-refractivity contribution is -0.155. The SMILES string of the molecule is CONC(COc1ccccc1)=C1O[C@@H](Oc2ccc(C=C(C)C(=O)N[C@@H]3[C@H](O)[C@@H](O)[C@H]4OCO[C@H]4[C@@H]3O)cc2F)C[C@@H]1O. The molecule has 1 aliphatic carbocycles. The van der Waals surface area contributed by atoms with Crippen molar-refractivity contribution in [2.24, 2.45) is 0 Å². The molecule has 3 fully saturated rings. The normalized spacial score (nSPS) is 31.1. The summed E-state index contributed by atoms with van der Waals surface area (Å²) < 4.78 is 42.7. The van der Waals surface area contributed by atoms with E-state index in [4.69, 9.17) is 28.5 Å². The third-order valence-corrected chi connectivity index (χ3v) is 7.48. The number of hydroxylamine groups is 1. The van der Waals surface area contributed by atoms with Gasteiger partial charge in [-0.15, -0.1) is 0 Å². The van der Waals surface area contributed by atoms with Gasteiger partial charge >= 0.3 is 0 Å². The number of hydrogen-bond donors (Lipinski definition) is 6. The fourth-order valence-electron chi connectivity index (χ4n) is 5.23. The van der Waals surface area contributed by atoms with Crippen molar-refractivity contribution in [3.63, 3.8) is 0 Å². The molecule has 2 saturated heterocycles. The quantitative estimate of drug-likeness (QED) is 0.161. The van der Waals surface area contributed by atoms with Gasteiger partial charge in [-0.25, -0.2) is 4.39 Å². The highest BCUT2D eigenvalue weighted by atomic mass is 19.1. The largest absolute Gasteiger partial charge is 0.487 e. The van der Waals surface area contributed by atoms with Gasteiger partial charge < -0.3 is 49.4 Å². The number of rotatable bonds is 10. The van der Waals surface area contributed by atoms with Crippen LogP contribution >= 0.6 is 0 Å². The number of carbonyl (C=O) groups excluding carboxylic acids is 1. The van der Waals surface area contributed by atoms with Crippen LogP contribution in [-0.4, -0.2) is 95.8 Å². The third kappa shape index (κ3) is 6.97. The van der Waals surface area contributed by atoms with Crippen LogP contribution in [0.3, 0.4) is 0 Å². The Kier molecular flexibility index (Phi) is 10.0. The van der Waals surface area contributed by atoms with Gasteiger partial charge in [0, 0.05) is 5.57 Å². The lowest BCUT2D eigenvalue weighted by Crippen LogP contribution is -2.67. The van der Waals surface area contributed by atoms with E-state index in [9.17, 15) is 25.2 Å². The van der Waals surface area contributed by atoms with Crippen molar-refractivity contribution in [3.05, 3.63) is 76.9 Å². The molecule has 0 unspecified atom stereocenters. The van der Waals surface area contributed by atoms with E-state index in [0.717, 1.165) is 6.07 Å². The first-order valence-electron chi connectivity index (χ1n) is 13.9. The molecule has 5 rings (SSSR count). The molecule has 2 heterocycles. The maximum absolute atomic E-state index is 15.0. The van der Waals surface area contributed by atoms with Gasteiger partial charge in [0.15, 0.2) is 17.3 Å². The smallest absolute Gasteiger partial charge is 0.247 e. The fraction of sp³-hybridized carbons (Fsp3) is 0.433. The van der Waals surface area contributed by atoms with Crippen LogP contribution in [0.1, 0.15) is 18.9 Å². The summed E-state index contributed by atoms with van der Waals surface area (Å²) in [5.41, 5.74) is 3.45. The number of para-hydroxylation sites is 1. The number of aliphatic hydroxyl groups excluding tert-OH is 4. The third-order valence-electron chi connectivity index (χ3n) is 7.48. The highest BCUT2D eigenvalue weighted by Crippen LogP contribution is 2.32. The van der Waals surface area contributed by atoms with E-state index in [0.29, 0.717) is 17.0 Å². The molecule has 238 valence electrons. The molecule has 2 aromatic carbocycles. The molecule has 14 heteroatoms. The maximum atomic E-state index is 15.0. The molecule has 2 aromatic rings. The van der Waals surface area contributed by atoms with Gasteiger partial charge in [0.25, 0.3) is 0 Å². The van der Waals surface area contributed by atoms with Crippen molar-refractivity contribution in [1.29, 1.82) is 0 Å². The standard InChI is InChI=1S/C30H35FN2O11/c1-15(30(38)32-23-24(35)26(37)29-28(25(23)36)41-14-42-29)10-16-8-9-21(18(31)11-16)43-22-12-20(34)27(44-22)19(33-39-2)13-40-17-6-4-3-5-7-17/h3-11,20,22-26,28-29,33-37H,12-14H2,1-2H3,(H,32,38)/t20-,22+,23+,24-,25+,26+,28-,29+/m0/s1. The number of amides is 1. The monoisotopic (exact) mass is 618 g/mol. The summed E-state index contributed by atoms with van der Waals surface area (Å²) in [6.45, 7) is 1.33. The Hall–Kier alpha value is -3.76. The molecular formula is C30H35FN2O11. The Balaban J connectivity index is 1.21. The van der Waals surface area contributed by atoms with E-state index < -0.39 is 60.7 Å². The Labute approximate surface area is 252 Å². The molecule has 8 atom stereocenters. The Morgan fingerprint density at radius 3 is 2.48 bits per heavy atom. The van der Waals surface area contributed by atoms with Crippen molar-refractivity contribution in [1.82, 2.24) is 10.8 Å². The summed E-state index contributed by atoms with van der Waals surface area (Å²) in [5, 5.41) is 44.4.